The zero-order valence-electron chi connectivity index (χ0n) is 13.3. The number of hydrogen-bond acceptors (Lipinski definition) is 5. The summed E-state index contributed by atoms with van der Waals surface area (Å²) in [4.78, 5) is 23.8. The van der Waals surface area contributed by atoms with Gasteiger partial charge in [-0.05, 0) is 34.6 Å². The molecule has 6 heteroatoms. The lowest BCUT2D eigenvalue weighted by atomic mass is 10.3. The molecule has 0 aliphatic rings. The van der Waals surface area contributed by atoms with Crippen molar-refractivity contribution in [3.05, 3.63) is 0 Å². The molecule has 4 nitrogen and oxygen atoms in total. The second kappa shape index (κ2) is 10.4. The fourth-order valence-electron chi connectivity index (χ4n) is 1.93. The normalized spacial score (nSPS) is 12.8. The molecule has 1 unspecified atom stereocenters. The van der Waals surface area contributed by atoms with Crippen molar-refractivity contribution in [3.63, 3.8) is 0 Å². The van der Waals surface area contributed by atoms with E-state index >= 15 is 0 Å². The van der Waals surface area contributed by atoms with Gasteiger partial charge in [0.05, 0.1) is 44.6 Å². The molecule has 118 valence electrons. The number of hydrogen-bond donors (Lipinski definition) is 0. The fraction of sp³-hybridized carbons (Fsp3) is 0.857. The van der Waals surface area contributed by atoms with Crippen molar-refractivity contribution in [2.24, 2.45) is 0 Å². The largest absolute Gasteiger partial charge is 0.466 e. The first-order valence-electron chi connectivity index (χ1n) is 7.35. The summed E-state index contributed by atoms with van der Waals surface area (Å²) in [5.41, 5.74) is 0. The summed E-state index contributed by atoms with van der Waals surface area (Å²) in [6.45, 7) is 9.50. The Bertz CT molecular complexity index is 297. The quantitative estimate of drug-likeness (QED) is 0.454. The molecule has 1 atom stereocenters. The van der Waals surface area contributed by atoms with E-state index in [1.165, 1.54) is 0 Å². The smallest absolute Gasteiger partial charge is 0.323 e. The molecule has 0 aromatic rings. The van der Waals surface area contributed by atoms with Crippen molar-refractivity contribution in [2.45, 2.75) is 46.3 Å². The van der Waals surface area contributed by atoms with E-state index in [0.29, 0.717) is 13.2 Å². The summed E-state index contributed by atoms with van der Waals surface area (Å²) in [6.07, 6.45) is 3.33. The molecule has 0 saturated heterocycles. The van der Waals surface area contributed by atoms with Crippen molar-refractivity contribution < 1.29 is 19.1 Å². The molecule has 0 fully saturated rings. The second-order valence-electron chi connectivity index (χ2n) is 4.36. The van der Waals surface area contributed by atoms with Gasteiger partial charge in [-0.2, -0.15) is 0 Å². The third-order valence-corrected chi connectivity index (χ3v) is 12.2. The summed E-state index contributed by atoms with van der Waals surface area (Å²) in [5.74, 6) is -0.607. The lowest BCUT2D eigenvalue weighted by Gasteiger charge is -2.25. The van der Waals surface area contributed by atoms with E-state index in [9.17, 15) is 9.59 Å². The van der Waals surface area contributed by atoms with Crippen molar-refractivity contribution in [2.75, 3.05) is 31.7 Å². The maximum atomic E-state index is 12.1. The van der Waals surface area contributed by atoms with Gasteiger partial charge in [-0.15, -0.1) is 0 Å². The van der Waals surface area contributed by atoms with Gasteiger partial charge in [0.15, 0.2) is 0 Å². The van der Waals surface area contributed by atoms with E-state index in [-0.39, 0.29) is 18.4 Å². The molecular weight excluding hydrogens is 295 g/mol. The highest BCUT2D eigenvalue weighted by Gasteiger charge is 2.41. The van der Waals surface area contributed by atoms with Crippen molar-refractivity contribution in [1.82, 2.24) is 0 Å². The van der Waals surface area contributed by atoms with Crippen molar-refractivity contribution >= 4 is 29.8 Å². The Kier molecular flexibility index (Phi) is 10.3. The van der Waals surface area contributed by atoms with E-state index < -0.39 is 11.7 Å². The van der Waals surface area contributed by atoms with E-state index in [0.717, 1.165) is 18.5 Å². The lowest BCUT2D eigenvalue weighted by molar-refractivity contribution is -0.149. The Morgan fingerprint density at radius 2 is 1.45 bits per heavy atom. The molecule has 20 heavy (non-hydrogen) atoms. The molecule has 0 aliphatic heterocycles. The highest BCUT2D eigenvalue weighted by Crippen LogP contribution is 2.70. The van der Waals surface area contributed by atoms with Gasteiger partial charge < -0.3 is 9.47 Å². The lowest BCUT2D eigenvalue weighted by Crippen LogP contribution is -2.25. The molecular formula is C14H28O4PS+. The Hall–Kier alpha value is -0.280. The average Bonchev–Trinajstić information content (AvgIpc) is 2.44. The minimum atomic E-state index is -1.24. The molecule has 0 rings (SSSR count). The highest BCUT2D eigenvalue weighted by molar-refractivity contribution is 8.63. The first-order valence-corrected chi connectivity index (χ1v) is 11.2. The molecule has 0 spiro atoms. The van der Waals surface area contributed by atoms with Crippen LogP contribution in [0.5, 0.6) is 0 Å². The number of ether oxygens (including phenoxy) is 2. The van der Waals surface area contributed by atoms with Gasteiger partial charge in [0, 0.05) is 11.4 Å². The maximum Gasteiger partial charge on any atom is 0.323 e. The molecule has 0 radical (unpaired) electrons. The van der Waals surface area contributed by atoms with Gasteiger partial charge in [0.2, 0.25) is 0 Å². The number of rotatable bonds is 10. The Morgan fingerprint density at radius 1 is 0.950 bits per heavy atom. The summed E-state index contributed by atoms with van der Waals surface area (Å²) in [7, 11) is 0. The van der Waals surface area contributed by atoms with E-state index in [1.54, 1.807) is 25.2 Å². The minimum absolute atomic E-state index is 0.110. The molecule has 0 saturated carbocycles. The highest BCUT2D eigenvalue weighted by atomic mass is 32.7. The van der Waals surface area contributed by atoms with Crippen LogP contribution in [-0.2, 0) is 19.1 Å². The SMILES string of the molecule is CCOC(=O)CC(S[P+](CC)(CC)CC)C(=O)OCC. The maximum absolute atomic E-state index is 12.1. The predicted octanol–water partition coefficient (Wildman–Crippen LogP) is 3.60. The van der Waals surface area contributed by atoms with Crippen LogP contribution in [-0.4, -0.2) is 48.9 Å². The minimum Gasteiger partial charge on any atom is -0.466 e. The van der Waals surface area contributed by atoms with Crippen LogP contribution >= 0.6 is 17.8 Å². The summed E-state index contributed by atoms with van der Waals surface area (Å²) >= 11 is 1.68. The molecule has 0 amide bonds. The molecule has 0 aromatic carbocycles. The van der Waals surface area contributed by atoms with Crippen LogP contribution < -0.4 is 0 Å². The van der Waals surface area contributed by atoms with Gasteiger partial charge in [0.1, 0.15) is 5.25 Å². The Balaban J connectivity index is 4.92. The predicted molar refractivity (Wildman–Crippen MR) is 87.8 cm³/mol. The number of carbonyl (C=O) groups excluding carboxylic acids is 2. The first kappa shape index (κ1) is 19.7. The van der Waals surface area contributed by atoms with Crippen LogP contribution in [0.25, 0.3) is 0 Å². The third-order valence-electron chi connectivity index (χ3n) is 3.29. The summed E-state index contributed by atoms with van der Waals surface area (Å²) in [6, 6.07) is 0. The topological polar surface area (TPSA) is 52.6 Å². The van der Waals surface area contributed by atoms with Crippen LogP contribution in [0.15, 0.2) is 0 Å². The van der Waals surface area contributed by atoms with Crippen LogP contribution in [0.2, 0.25) is 0 Å². The second-order valence-corrected chi connectivity index (χ2v) is 12.1. The number of carbonyl (C=O) groups is 2. The number of esters is 2. The standard InChI is InChI=1S/C14H28O4PS/c1-6-17-13(15)11-12(14(16)18-7-2)20-19(8-3,9-4)10-5/h12H,6-11H2,1-5H3/q+1. The molecule has 0 heterocycles. The molecule has 0 N–H and O–H groups in total. The average molecular weight is 323 g/mol. The molecule has 0 aromatic heterocycles. The van der Waals surface area contributed by atoms with Gasteiger partial charge >= 0.3 is 11.9 Å². The van der Waals surface area contributed by atoms with Gasteiger partial charge in [-0.25, -0.2) is 0 Å². The Morgan fingerprint density at radius 3 is 1.85 bits per heavy atom. The Labute approximate surface area is 127 Å². The van der Waals surface area contributed by atoms with Crippen LogP contribution in [0.3, 0.4) is 0 Å². The zero-order chi connectivity index (χ0) is 15.6. The monoisotopic (exact) mass is 323 g/mol. The molecule has 0 bridgehead atoms. The van der Waals surface area contributed by atoms with Crippen LogP contribution in [0, 0.1) is 0 Å². The first-order chi connectivity index (χ1) is 9.48. The third kappa shape index (κ3) is 6.45. The summed E-state index contributed by atoms with van der Waals surface area (Å²) < 4.78 is 10.1. The van der Waals surface area contributed by atoms with E-state index in [4.69, 9.17) is 9.47 Å². The zero-order valence-corrected chi connectivity index (χ0v) is 15.0. The fourth-order valence-corrected chi connectivity index (χ4v) is 8.07. The van der Waals surface area contributed by atoms with E-state index in [2.05, 4.69) is 20.8 Å². The van der Waals surface area contributed by atoms with Gasteiger partial charge in [-0.1, -0.05) is 0 Å². The van der Waals surface area contributed by atoms with E-state index in [1.807, 2.05) is 0 Å². The van der Waals surface area contributed by atoms with Crippen molar-refractivity contribution in [3.8, 4) is 0 Å². The van der Waals surface area contributed by atoms with Gasteiger partial charge in [-0.3, -0.25) is 9.59 Å². The van der Waals surface area contributed by atoms with Crippen LogP contribution in [0.1, 0.15) is 41.0 Å². The van der Waals surface area contributed by atoms with Crippen molar-refractivity contribution in [1.29, 1.82) is 0 Å². The molecule has 0 aliphatic carbocycles. The summed E-state index contributed by atoms with van der Waals surface area (Å²) in [5, 5.41) is -0.429. The van der Waals surface area contributed by atoms with Crippen LogP contribution in [0.4, 0.5) is 0 Å². The van der Waals surface area contributed by atoms with Gasteiger partial charge in [0.25, 0.3) is 0 Å².